The minimum atomic E-state index is 0.0319. The van der Waals surface area contributed by atoms with Crippen LogP contribution in [-0.2, 0) is 0 Å². The molecule has 0 bridgehead atoms. The molecule has 2 rings (SSSR count). The minimum absolute atomic E-state index is 0.0319. The van der Waals surface area contributed by atoms with Crippen LogP contribution in [0.15, 0.2) is 27.3 Å². The quantitative estimate of drug-likeness (QED) is 0.782. The van der Waals surface area contributed by atoms with Gasteiger partial charge in [0.15, 0.2) is 17.3 Å². The number of hydrogen-bond donors (Lipinski definition) is 1. The number of phenols is 1. The summed E-state index contributed by atoms with van der Waals surface area (Å²) in [4.78, 5) is 8.29. The highest BCUT2D eigenvalue weighted by atomic mass is 79.9. The Bertz CT molecular complexity index is 608. The molecule has 0 aliphatic heterocycles. The Morgan fingerprint density at radius 2 is 2.00 bits per heavy atom. The number of hydrogen-bond acceptors (Lipinski definition) is 4. The second-order valence-electron chi connectivity index (χ2n) is 3.34. The van der Waals surface area contributed by atoms with E-state index in [4.69, 9.17) is 16.3 Å². The molecule has 7 heteroatoms. The second-order valence-corrected chi connectivity index (χ2v) is 5.41. The fraction of sp³-hybridized carbons (Fsp3) is 0.0909. The summed E-state index contributed by atoms with van der Waals surface area (Å²) in [5.41, 5.74) is 0.686. The van der Waals surface area contributed by atoms with Crippen LogP contribution in [0.2, 0.25) is 5.15 Å². The molecule has 0 fully saturated rings. The van der Waals surface area contributed by atoms with E-state index in [0.717, 1.165) is 0 Å². The molecule has 0 spiro atoms. The first-order valence-electron chi connectivity index (χ1n) is 4.78. The van der Waals surface area contributed by atoms with E-state index in [1.807, 2.05) is 0 Å². The van der Waals surface area contributed by atoms with Crippen molar-refractivity contribution < 1.29 is 9.84 Å². The van der Waals surface area contributed by atoms with E-state index in [0.29, 0.717) is 31.2 Å². The van der Waals surface area contributed by atoms with E-state index in [9.17, 15) is 5.11 Å². The van der Waals surface area contributed by atoms with Gasteiger partial charge < -0.3 is 9.84 Å². The summed E-state index contributed by atoms with van der Waals surface area (Å²) in [6, 6.07) is 3.33. The van der Waals surface area contributed by atoms with Crippen LogP contribution in [0.5, 0.6) is 11.5 Å². The van der Waals surface area contributed by atoms with Gasteiger partial charge in [-0.1, -0.05) is 11.6 Å². The van der Waals surface area contributed by atoms with Gasteiger partial charge in [0.2, 0.25) is 0 Å². The normalized spacial score (nSPS) is 10.4. The van der Waals surface area contributed by atoms with Crippen molar-refractivity contribution in [3.8, 4) is 22.9 Å². The standard InChI is InChI=1S/C11H7Br2ClN2O2/c1-18-8-3-5(2-6(12)9(8)17)11-15-4-7(13)10(14)16-11/h2-4,17H,1H3. The van der Waals surface area contributed by atoms with Crippen LogP contribution in [0.25, 0.3) is 11.4 Å². The Labute approximate surface area is 125 Å². The number of aromatic nitrogens is 2. The number of halogens is 3. The van der Waals surface area contributed by atoms with Crippen LogP contribution in [-0.4, -0.2) is 22.2 Å². The summed E-state index contributed by atoms with van der Waals surface area (Å²) in [6.07, 6.45) is 1.57. The first-order chi connectivity index (χ1) is 8.52. The van der Waals surface area contributed by atoms with Gasteiger partial charge in [-0.05, 0) is 44.0 Å². The van der Waals surface area contributed by atoms with Crippen molar-refractivity contribution in [1.82, 2.24) is 9.97 Å². The zero-order valence-corrected chi connectivity index (χ0v) is 13.0. The molecule has 0 radical (unpaired) electrons. The molecule has 0 saturated heterocycles. The Hall–Kier alpha value is -0.850. The Morgan fingerprint density at radius 3 is 2.61 bits per heavy atom. The highest BCUT2D eigenvalue weighted by Crippen LogP contribution is 2.38. The lowest BCUT2D eigenvalue weighted by molar-refractivity contribution is 0.372. The zero-order valence-electron chi connectivity index (χ0n) is 9.12. The fourth-order valence-electron chi connectivity index (χ4n) is 1.34. The largest absolute Gasteiger partial charge is 0.503 e. The monoisotopic (exact) mass is 392 g/mol. The molecule has 0 saturated carbocycles. The number of ether oxygens (including phenoxy) is 1. The van der Waals surface area contributed by atoms with Crippen molar-refractivity contribution in [1.29, 1.82) is 0 Å². The maximum Gasteiger partial charge on any atom is 0.172 e. The average Bonchev–Trinajstić information content (AvgIpc) is 2.36. The van der Waals surface area contributed by atoms with E-state index in [1.165, 1.54) is 7.11 Å². The Kier molecular flexibility index (Phi) is 4.09. The third-order valence-electron chi connectivity index (χ3n) is 2.21. The SMILES string of the molecule is COc1cc(-c2ncc(Br)c(Cl)n2)cc(Br)c1O. The van der Waals surface area contributed by atoms with Gasteiger partial charge in [-0.15, -0.1) is 0 Å². The van der Waals surface area contributed by atoms with Crippen LogP contribution in [0.4, 0.5) is 0 Å². The van der Waals surface area contributed by atoms with Gasteiger partial charge in [-0.25, -0.2) is 9.97 Å². The van der Waals surface area contributed by atoms with Crippen molar-refractivity contribution in [2.24, 2.45) is 0 Å². The van der Waals surface area contributed by atoms with E-state index >= 15 is 0 Å². The van der Waals surface area contributed by atoms with Crippen LogP contribution in [0.1, 0.15) is 0 Å². The first-order valence-corrected chi connectivity index (χ1v) is 6.74. The molecule has 0 atom stereocenters. The van der Waals surface area contributed by atoms with Crippen molar-refractivity contribution in [2.45, 2.75) is 0 Å². The van der Waals surface area contributed by atoms with Crippen LogP contribution in [0, 0.1) is 0 Å². The summed E-state index contributed by atoms with van der Waals surface area (Å²) >= 11 is 12.4. The van der Waals surface area contributed by atoms with E-state index < -0.39 is 0 Å². The van der Waals surface area contributed by atoms with E-state index in [-0.39, 0.29) is 5.75 Å². The average molecular weight is 394 g/mol. The van der Waals surface area contributed by atoms with E-state index in [2.05, 4.69) is 41.8 Å². The summed E-state index contributed by atoms with van der Waals surface area (Å²) in [6.45, 7) is 0. The van der Waals surface area contributed by atoms with Crippen LogP contribution in [0.3, 0.4) is 0 Å². The molecule has 18 heavy (non-hydrogen) atoms. The van der Waals surface area contributed by atoms with Crippen molar-refractivity contribution in [3.63, 3.8) is 0 Å². The number of aromatic hydroxyl groups is 1. The maximum atomic E-state index is 9.72. The lowest BCUT2D eigenvalue weighted by Gasteiger charge is -2.08. The van der Waals surface area contributed by atoms with Gasteiger partial charge in [0.05, 0.1) is 16.1 Å². The zero-order chi connectivity index (χ0) is 13.3. The molecule has 4 nitrogen and oxygen atoms in total. The molecule has 2 aromatic rings. The molecule has 1 aromatic carbocycles. The minimum Gasteiger partial charge on any atom is -0.503 e. The van der Waals surface area contributed by atoms with Gasteiger partial charge in [0.1, 0.15) is 5.15 Å². The van der Waals surface area contributed by atoms with Crippen molar-refractivity contribution in [3.05, 3.63) is 32.4 Å². The Balaban J connectivity index is 2.57. The van der Waals surface area contributed by atoms with Gasteiger partial charge in [0, 0.05) is 11.8 Å². The molecule has 1 N–H and O–H groups in total. The van der Waals surface area contributed by atoms with Crippen molar-refractivity contribution in [2.75, 3.05) is 7.11 Å². The van der Waals surface area contributed by atoms with Gasteiger partial charge >= 0.3 is 0 Å². The van der Waals surface area contributed by atoms with Gasteiger partial charge in [0.25, 0.3) is 0 Å². The number of methoxy groups -OCH3 is 1. The van der Waals surface area contributed by atoms with Gasteiger partial charge in [-0.2, -0.15) is 0 Å². The molecule has 1 aromatic heterocycles. The third kappa shape index (κ3) is 2.60. The second kappa shape index (κ2) is 5.42. The molecule has 0 amide bonds. The number of benzene rings is 1. The van der Waals surface area contributed by atoms with Gasteiger partial charge in [-0.3, -0.25) is 0 Å². The van der Waals surface area contributed by atoms with Crippen LogP contribution < -0.4 is 4.74 Å². The summed E-state index contributed by atoms with van der Waals surface area (Å²) < 4.78 is 6.19. The topological polar surface area (TPSA) is 55.2 Å². The van der Waals surface area contributed by atoms with E-state index in [1.54, 1.807) is 18.3 Å². The summed E-state index contributed by atoms with van der Waals surface area (Å²) in [7, 11) is 1.47. The number of nitrogens with zero attached hydrogens (tertiary/aromatic N) is 2. The van der Waals surface area contributed by atoms with Crippen LogP contribution >= 0.6 is 43.5 Å². The molecule has 0 aliphatic carbocycles. The molecule has 1 heterocycles. The predicted octanol–water partition coefficient (Wildman–Crippen LogP) is 4.04. The summed E-state index contributed by atoms with van der Waals surface area (Å²) in [5.74, 6) is 0.814. The molecular weight excluding hydrogens is 387 g/mol. The maximum absolute atomic E-state index is 9.72. The number of rotatable bonds is 2. The third-order valence-corrected chi connectivity index (χ3v) is 3.91. The molecular formula is C11H7Br2ClN2O2. The summed E-state index contributed by atoms with van der Waals surface area (Å²) in [5, 5.41) is 10.0. The molecule has 94 valence electrons. The first kappa shape index (κ1) is 13.6. The Morgan fingerprint density at radius 1 is 1.28 bits per heavy atom. The molecule has 0 aliphatic rings. The lowest BCUT2D eigenvalue weighted by Crippen LogP contribution is -1.92. The highest BCUT2D eigenvalue weighted by molar-refractivity contribution is 9.10. The highest BCUT2D eigenvalue weighted by Gasteiger charge is 2.12. The lowest BCUT2D eigenvalue weighted by atomic mass is 10.2. The van der Waals surface area contributed by atoms with Crippen molar-refractivity contribution >= 4 is 43.5 Å². The molecule has 0 unspecified atom stereocenters. The smallest absolute Gasteiger partial charge is 0.172 e. The fourth-order valence-corrected chi connectivity index (χ4v) is 2.11. The predicted molar refractivity (Wildman–Crippen MR) is 76.1 cm³/mol. The number of phenolic OH excluding ortho intramolecular Hbond substituents is 1.